The third-order valence-corrected chi connectivity index (χ3v) is 3.77. The maximum atomic E-state index is 12.0. The molecular weight excluding hydrogens is 347 g/mol. The van der Waals surface area contributed by atoms with Crippen molar-refractivity contribution in [2.75, 3.05) is 6.54 Å². The van der Waals surface area contributed by atoms with Crippen LogP contribution in [0.1, 0.15) is 35.8 Å². The van der Waals surface area contributed by atoms with Crippen LogP contribution in [-0.2, 0) is 11.3 Å². The van der Waals surface area contributed by atoms with Crippen LogP contribution in [0.25, 0.3) is 0 Å². The number of carbonyl (C=O) groups excluding carboxylic acids is 1. The number of aromatic nitrogens is 2. The summed E-state index contributed by atoms with van der Waals surface area (Å²) < 4.78 is 2.11. The zero-order valence-electron chi connectivity index (χ0n) is 14.1. The second kappa shape index (κ2) is 11.1. The van der Waals surface area contributed by atoms with Crippen molar-refractivity contribution in [2.24, 2.45) is 5.73 Å². The van der Waals surface area contributed by atoms with E-state index in [0.29, 0.717) is 6.54 Å². The predicted octanol–water partition coefficient (Wildman–Crippen LogP) is 2.94. The van der Waals surface area contributed by atoms with E-state index in [4.69, 9.17) is 5.73 Å². The van der Waals surface area contributed by atoms with Crippen LogP contribution in [0.5, 0.6) is 0 Å². The Labute approximate surface area is 155 Å². The number of hydrogen-bond donors (Lipinski definition) is 2. The summed E-state index contributed by atoms with van der Waals surface area (Å²) in [5.74, 6) is 0.896. The van der Waals surface area contributed by atoms with Crippen molar-refractivity contribution in [3.05, 3.63) is 53.6 Å². The molecule has 2 aromatic rings. The van der Waals surface area contributed by atoms with Gasteiger partial charge in [-0.05, 0) is 32.3 Å². The molecule has 1 heterocycles. The summed E-state index contributed by atoms with van der Waals surface area (Å²) in [6, 6.07) is 7.14. The minimum absolute atomic E-state index is 0. The van der Waals surface area contributed by atoms with E-state index < -0.39 is 6.04 Å². The van der Waals surface area contributed by atoms with Crippen molar-refractivity contribution in [1.29, 1.82) is 0 Å². The van der Waals surface area contributed by atoms with Crippen LogP contribution in [0.2, 0.25) is 0 Å². The monoisotopic (exact) mass is 372 g/mol. The van der Waals surface area contributed by atoms with Gasteiger partial charge in [0.15, 0.2) is 0 Å². The van der Waals surface area contributed by atoms with E-state index in [1.807, 2.05) is 44.3 Å². The van der Waals surface area contributed by atoms with Crippen molar-refractivity contribution in [1.82, 2.24) is 14.9 Å². The van der Waals surface area contributed by atoms with Crippen LogP contribution in [0.3, 0.4) is 0 Å². The molecule has 3 N–H and O–H groups in total. The summed E-state index contributed by atoms with van der Waals surface area (Å²) in [5.41, 5.74) is 7.98. The summed E-state index contributed by atoms with van der Waals surface area (Å²) in [6.07, 6.45) is 5.69. The summed E-state index contributed by atoms with van der Waals surface area (Å²) in [7, 11) is 0. The lowest BCUT2D eigenvalue weighted by Gasteiger charge is -2.13. The molecule has 0 radical (unpaired) electrons. The van der Waals surface area contributed by atoms with E-state index in [1.165, 1.54) is 0 Å². The minimum atomic E-state index is -0.600. The van der Waals surface area contributed by atoms with Gasteiger partial charge in [0.25, 0.3) is 0 Å². The van der Waals surface area contributed by atoms with Crippen molar-refractivity contribution in [3.63, 3.8) is 0 Å². The number of benzene rings is 1. The van der Waals surface area contributed by atoms with Crippen molar-refractivity contribution in [2.45, 2.75) is 39.3 Å². The highest BCUT2D eigenvalue weighted by atomic mass is 35.5. The van der Waals surface area contributed by atoms with Gasteiger partial charge in [0, 0.05) is 25.5 Å². The maximum Gasteiger partial charge on any atom is 0.241 e. The van der Waals surface area contributed by atoms with Crippen molar-refractivity contribution < 1.29 is 4.79 Å². The molecule has 1 aromatic heterocycles. The second-order valence-electron chi connectivity index (χ2n) is 5.55. The standard InChI is InChI=1S/C17H24N4O.2ClH/c1-13-5-7-15(8-6-13)16(18)17(22)20-9-3-4-11-21-12-10-19-14(21)2;;/h5-8,10,12,16H,3-4,9,11,18H2,1-2H3,(H,20,22);2*1H. The molecular formula is C17H26Cl2N4O. The fourth-order valence-electron chi connectivity index (χ4n) is 2.29. The molecule has 0 aliphatic heterocycles. The lowest BCUT2D eigenvalue weighted by molar-refractivity contribution is -0.122. The number of unbranched alkanes of at least 4 members (excludes halogenated alkanes) is 1. The molecule has 0 fully saturated rings. The number of carbonyl (C=O) groups is 1. The number of imidazole rings is 1. The Hall–Kier alpha value is -1.56. The average molecular weight is 373 g/mol. The highest BCUT2D eigenvalue weighted by molar-refractivity contribution is 5.85. The number of rotatable bonds is 7. The fourth-order valence-corrected chi connectivity index (χ4v) is 2.29. The zero-order valence-corrected chi connectivity index (χ0v) is 15.7. The van der Waals surface area contributed by atoms with Crippen molar-refractivity contribution >= 4 is 30.7 Å². The first-order valence-corrected chi connectivity index (χ1v) is 7.65. The molecule has 7 heteroatoms. The Morgan fingerprint density at radius 3 is 2.46 bits per heavy atom. The fraction of sp³-hybridized carbons (Fsp3) is 0.412. The van der Waals surface area contributed by atoms with Gasteiger partial charge in [-0.1, -0.05) is 29.8 Å². The molecule has 0 aliphatic carbocycles. The van der Waals surface area contributed by atoms with E-state index in [2.05, 4.69) is 14.9 Å². The molecule has 0 saturated carbocycles. The van der Waals surface area contributed by atoms with Gasteiger partial charge in [-0.3, -0.25) is 4.79 Å². The van der Waals surface area contributed by atoms with Crippen LogP contribution in [0.4, 0.5) is 0 Å². The van der Waals surface area contributed by atoms with Gasteiger partial charge in [0.05, 0.1) is 0 Å². The quantitative estimate of drug-likeness (QED) is 0.733. The van der Waals surface area contributed by atoms with E-state index >= 15 is 0 Å². The number of hydrogen-bond acceptors (Lipinski definition) is 3. The number of aryl methyl sites for hydroxylation is 3. The first-order valence-electron chi connectivity index (χ1n) is 7.65. The van der Waals surface area contributed by atoms with E-state index in [1.54, 1.807) is 6.20 Å². The molecule has 0 bridgehead atoms. The maximum absolute atomic E-state index is 12.0. The Morgan fingerprint density at radius 1 is 1.21 bits per heavy atom. The van der Waals surface area contributed by atoms with Gasteiger partial charge in [0.1, 0.15) is 11.9 Å². The van der Waals surface area contributed by atoms with Crippen LogP contribution < -0.4 is 11.1 Å². The highest BCUT2D eigenvalue weighted by Gasteiger charge is 2.14. The molecule has 1 unspecified atom stereocenters. The molecule has 0 saturated heterocycles. The summed E-state index contributed by atoms with van der Waals surface area (Å²) in [4.78, 5) is 16.2. The van der Waals surface area contributed by atoms with E-state index in [-0.39, 0.29) is 30.7 Å². The summed E-state index contributed by atoms with van der Waals surface area (Å²) in [6.45, 7) is 5.57. The van der Waals surface area contributed by atoms with Crippen LogP contribution in [0, 0.1) is 13.8 Å². The molecule has 0 aliphatic rings. The highest BCUT2D eigenvalue weighted by Crippen LogP contribution is 2.11. The first kappa shape index (κ1) is 22.4. The SMILES string of the molecule is Cc1ccc(C(N)C(=O)NCCCCn2ccnc2C)cc1.Cl.Cl. The minimum Gasteiger partial charge on any atom is -0.354 e. The van der Waals surface area contributed by atoms with Gasteiger partial charge in [-0.2, -0.15) is 0 Å². The van der Waals surface area contributed by atoms with Gasteiger partial charge in [-0.25, -0.2) is 4.98 Å². The van der Waals surface area contributed by atoms with E-state index in [9.17, 15) is 4.79 Å². The number of nitrogens with zero attached hydrogens (tertiary/aromatic N) is 2. The number of nitrogens with two attached hydrogens (primary N) is 1. The molecule has 0 spiro atoms. The van der Waals surface area contributed by atoms with Gasteiger partial charge in [-0.15, -0.1) is 24.8 Å². The Kier molecular flexibility index (Phi) is 10.4. The van der Waals surface area contributed by atoms with E-state index in [0.717, 1.165) is 36.3 Å². The third kappa shape index (κ3) is 6.51. The topological polar surface area (TPSA) is 72.9 Å². The Morgan fingerprint density at radius 2 is 1.88 bits per heavy atom. The smallest absolute Gasteiger partial charge is 0.241 e. The summed E-state index contributed by atoms with van der Waals surface area (Å²) >= 11 is 0. The molecule has 24 heavy (non-hydrogen) atoms. The molecule has 5 nitrogen and oxygen atoms in total. The Balaban J connectivity index is 0.00000264. The molecule has 1 atom stereocenters. The largest absolute Gasteiger partial charge is 0.354 e. The van der Waals surface area contributed by atoms with Crippen molar-refractivity contribution in [3.8, 4) is 0 Å². The zero-order chi connectivity index (χ0) is 15.9. The summed E-state index contributed by atoms with van der Waals surface area (Å²) in [5, 5.41) is 2.90. The van der Waals surface area contributed by atoms with Crippen LogP contribution in [-0.4, -0.2) is 22.0 Å². The van der Waals surface area contributed by atoms with Gasteiger partial charge in [0.2, 0.25) is 5.91 Å². The molecule has 134 valence electrons. The third-order valence-electron chi connectivity index (χ3n) is 3.77. The lowest BCUT2D eigenvalue weighted by Crippen LogP contribution is -2.34. The average Bonchev–Trinajstić information content (AvgIpc) is 2.92. The van der Waals surface area contributed by atoms with Gasteiger partial charge < -0.3 is 15.6 Å². The van der Waals surface area contributed by atoms with Crippen LogP contribution >= 0.6 is 24.8 Å². The van der Waals surface area contributed by atoms with Gasteiger partial charge >= 0.3 is 0 Å². The lowest BCUT2D eigenvalue weighted by atomic mass is 10.1. The molecule has 2 rings (SSSR count). The Bertz CT molecular complexity index is 613. The molecule has 1 aromatic carbocycles. The number of nitrogens with one attached hydrogen (secondary N) is 1. The van der Waals surface area contributed by atoms with Crippen LogP contribution in [0.15, 0.2) is 36.7 Å². The normalized spacial score (nSPS) is 11.1. The first-order chi connectivity index (χ1) is 10.6. The molecule has 1 amide bonds. The number of amides is 1. The number of halogens is 2. The predicted molar refractivity (Wildman–Crippen MR) is 102 cm³/mol. The second-order valence-corrected chi connectivity index (χ2v) is 5.55.